The van der Waals surface area contributed by atoms with Crippen LogP contribution in [0.2, 0.25) is 0 Å². The molecule has 0 fully saturated rings. The van der Waals surface area contributed by atoms with Crippen molar-refractivity contribution in [1.29, 1.82) is 0 Å². The Morgan fingerprint density at radius 2 is 1.87 bits per heavy atom. The normalized spacial score (nSPS) is 9.13. The van der Waals surface area contributed by atoms with Crippen LogP contribution in [0.1, 0.15) is 38.1 Å². The van der Waals surface area contributed by atoms with Gasteiger partial charge in [-0.1, -0.05) is 27.7 Å². The molecule has 0 aliphatic heterocycles. The van der Waals surface area contributed by atoms with Crippen LogP contribution in [0.5, 0.6) is 0 Å². The summed E-state index contributed by atoms with van der Waals surface area (Å²) in [5, 5.41) is 2.83. The molecule has 1 N–H and O–H groups in total. The molecular formula is C12H20N2O. The van der Waals surface area contributed by atoms with E-state index in [4.69, 9.17) is 0 Å². The SMILES string of the molecule is CC.CC(C)CNC(=O)c1ccncc1. The lowest BCUT2D eigenvalue weighted by Gasteiger charge is -2.06. The number of nitrogens with one attached hydrogen (secondary N) is 1. The standard InChI is InChI=1S/C10H14N2O.C2H6/c1-8(2)7-12-10(13)9-3-5-11-6-4-9;1-2/h3-6,8H,7H2,1-2H3,(H,12,13);1-2H3. The number of aromatic nitrogens is 1. The van der Waals surface area contributed by atoms with Crippen molar-refractivity contribution in [2.24, 2.45) is 5.92 Å². The van der Waals surface area contributed by atoms with E-state index in [9.17, 15) is 4.79 Å². The molecule has 0 saturated heterocycles. The second-order valence-corrected chi connectivity index (χ2v) is 3.34. The third-order valence-electron chi connectivity index (χ3n) is 1.61. The number of hydrogen-bond donors (Lipinski definition) is 1. The Balaban J connectivity index is 0.000000921. The fraction of sp³-hybridized carbons (Fsp3) is 0.500. The summed E-state index contributed by atoms with van der Waals surface area (Å²) in [5.41, 5.74) is 0.663. The summed E-state index contributed by atoms with van der Waals surface area (Å²) in [7, 11) is 0. The molecule has 0 aromatic carbocycles. The van der Waals surface area contributed by atoms with Gasteiger partial charge in [0.25, 0.3) is 5.91 Å². The second-order valence-electron chi connectivity index (χ2n) is 3.34. The van der Waals surface area contributed by atoms with Gasteiger partial charge >= 0.3 is 0 Å². The van der Waals surface area contributed by atoms with Crippen LogP contribution >= 0.6 is 0 Å². The van der Waals surface area contributed by atoms with Crippen molar-refractivity contribution in [1.82, 2.24) is 10.3 Å². The van der Waals surface area contributed by atoms with Crippen molar-refractivity contribution >= 4 is 5.91 Å². The molecular weight excluding hydrogens is 188 g/mol. The Bertz CT molecular complexity index is 270. The Kier molecular flexibility index (Phi) is 7.24. The summed E-state index contributed by atoms with van der Waals surface area (Å²) >= 11 is 0. The van der Waals surface area contributed by atoms with Gasteiger partial charge in [0.2, 0.25) is 0 Å². The average molecular weight is 208 g/mol. The zero-order valence-corrected chi connectivity index (χ0v) is 9.95. The Morgan fingerprint density at radius 1 is 1.33 bits per heavy atom. The second kappa shape index (κ2) is 7.97. The first-order valence-corrected chi connectivity index (χ1v) is 5.38. The Hall–Kier alpha value is -1.38. The Morgan fingerprint density at radius 3 is 2.33 bits per heavy atom. The van der Waals surface area contributed by atoms with Crippen molar-refractivity contribution in [3.05, 3.63) is 30.1 Å². The first-order valence-electron chi connectivity index (χ1n) is 5.38. The quantitative estimate of drug-likeness (QED) is 0.829. The third-order valence-corrected chi connectivity index (χ3v) is 1.61. The van der Waals surface area contributed by atoms with Crippen LogP contribution < -0.4 is 5.32 Å². The summed E-state index contributed by atoms with van der Waals surface area (Å²) in [6.45, 7) is 8.83. The number of pyridine rings is 1. The smallest absolute Gasteiger partial charge is 0.251 e. The zero-order chi connectivity index (χ0) is 11.7. The molecule has 0 spiro atoms. The number of carbonyl (C=O) groups is 1. The average Bonchev–Trinajstić information content (AvgIpc) is 2.30. The molecule has 0 bridgehead atoms. The number of carbonyl (C=O) groups excluding carboxylic acids is 1. The van der Waals surface area contributed by atoms with Crippen LogP contribution in [0.25, 0.3) is 0 Å². The number of nitrogens with zero attached hydrogens (tertiary/aromatic N) is 1. The minimum atomic E-state index is -0.0314. The molecule has 1 heterocycles. The molecule has 1 aromatic heterocycles. The van der Waals surface area contributed by atoms with Gasteiger partial charge in [-0.15, -0.1) is 0 Å². The van der Waals surface area contributed by atoms with Crippen LogP contribution in [-0.4, -0.2) is 17.4 Å². The molecule has 0 atom stereocenters. The molecule has 84 valence electrons. The maximum Gasteiger partial charge on any atom is 0.251 e. The lowest BCUT2D eigenvalue weighted by molar-refractivity contribution is 0.0949. The lowest BCUT2D eigenvalue weighted by Crippen LogP contribution is -2.27. The van der Waals surface area contributed by atoms with E-state index < -0.39 is 0 Å². The predicted molar refractivity (Wildman–Crippen MR) is 62.8 cm³/mol. The molecule has 15 heavy (non-hydrogen) atoms. The number of rotatable bonds is 3. The van der Waals surface area contributed by atoms with Gasteiger partial charge in [0, 0.05) is 24.5 Å². The first-order chi connectivity index (χ1) is 7.20. The van der Waals surface area contributed by atoms with E-state index in [2.05, 4.69) is 24.1 Å². The highest BCUT2D eigenvalue weighted by Gasteiger charge is 2.03. The van der Waals surface area contributed by atoms with Gasteiger partial charge in [0.05, 0.1) is 0 Å². The van der Waals surface area contributed by atoms with Gasteiger partial charge in [0.1, 0.15) is 0 Å². The maximum atomic E-state index is 11.4. The minimum Gasteiger partial charge on any atom is -0.352 e. The molecule has 3 nitrogen and oxygen atoms in total. The molecule has 1 rings (SSSR count). The van der Waals surface area contributed by atoms with Crippen molar-refractivity contribution in [2.45, 2.75) is 27.7 Å². The fourth-order valence-corrected chi connectivity index (χ4v) is 0.902. The fourth-order valence-electron chi connectivity index (χ4n) is 0.902. The molecule has 1 aromatic rings. The minimum absolute atomic E-state index is 0.0314. The van der Waals surface area contributed by atoms with Gasteiger partial charge in [-0.25, -0.2) is 0 Å². The molecule has 0 aliphatic carbocycles. The molecule has 0 saturated carbocycles. The van der Waals surface area contributed by atoms with E-state index >= 15 is 0 Å². The highest BCUT2D eigenvalue weighted by molar-refractivity contribution is 5.93. The van der Waals surface area contributed by atoms with Crippen molar-refractivity contribution in [3.8, 4) is 0 Å². The van der Waals surface area contributed by atoms with E-state index in [1.54, 1.807) is 24.5 Å². The lowest BCUT2D eigenvalue weighted by atomic mass is 10.2. The topological polar surface area (TPSA) is 42.0 Å². The predicted octanol–water partition coefficient (Wildman–Crippen LogP) is 2.49. The van der Waals surface area contributed by atoms with Crippen LogP contribution in [-0.2, 0) is 0 Å². The summed E-state index contributed by atoms with van der Waals surface area (Å²) in [5.74, 6) is 0.446. The van der Waals surface area contributed by atoms with Gasteiger partial charge < -0.3 is 5.32 Å². The van der Waals surface area contributed by atoms with E-state index in [-0.39, 0.29) is 5.91 Å². The largest absolute Gasteiger partial charge is 0.352 e. The van der Waals surface area contributed by atoms with E-state index in [0.29, 0.717) is 18.0 Å². The van der Waals surface area contributed by atoms with Crippen LogP contribution in [0.3, 0.4) is 0 Å². The van der Waals surface area contributed by atoms with Crippen molar-refractivity contribution < 1.29 is 4.79 Å². The van der Waals surface area contributed by atoms with Gasteiger partial charge in [-0.05, 0) is 18.1 Å². The van der Waals surface area contributed by atoms with Gasteiger partial charge in [-0.2, -0.15) is 0 Å². The van der Waals surface area contributed by atoms with Crippen LogP contribution in [0, 0.1) is 5.92 Å². The summed E-state index contributed by atoms with van der Waals surface area (Å²) in [6, 6.07) is 3.41. The molecule has 0 aliphatic rings. The van der Waals surface area contributed by atoms with Crippen molar-refractivity contribution in [3.63, 3.8) is 0 Å². The van der Waals surface area contributed by atoms with Crippen LogP contribution in [0.15, 0.2) is 24.5 Å². The first kappa shape index (κ1) is 13.6. The monoisotopic (exact) mass is 208 g/mol. The van der Waals surface area contributed by atoms with E-state index in [1.165, 1.54) is 0 Å². The number of hydrogen-bond acceptors (Lipinski definition) is 2. The maximum absolute atomic E-state index is 11.4. The van der Waals surface area contributed by atoms with E-state index in [1.807, 2.05) is 13.8 Å². The zero-order valence-electron chi connectivity index (χ0n) is 9.95. The van der Waals surface area contributed by atoms with E-state index in [0.717, 1.165) is 0 Å². The highest BCUT2D eigenvalue weighted by atomic mass is 16.1. The highest BCUT2D eigenvalue weighted by Crippen LogP contribution is 1.96. The van der Waals surface area contributed by atoms with Crippen molar-refractivity contribution in [2.75, 3.05) is 6.54 Å². The van der Waals surface area contributed by atoms with Gasteiger partial charge in [0.15, 0.2) is 0 Å². The third kappa shape index (κ3) is 5.83. The number of amides is 1. The Labute approximate surface area is 91.9 Å². The molecule has 0 unspecified atom stereocenters. The summed E-state index contributed by atoms with van der Waals surface area (Å²) in [4.78, 5) is 15.3. The summed E-state index contributed by atoms with van der Waals surface area (Å²) < 4.78 is 0. The molecule has 1 amide bonds. The molecule has 0 radical (unpaired) electrons. The molecule has 3 heteroatoms. The summed E-state index contributed by atoms with van der Waals surface area (Å²) in [6.07, 6.45) is 3.23. The van der Waals surface area contributed by atoms with Crippen LogP contribution in [0.4, 0.5) is 0 Å². The van der Waals surface area contributed by atoms with Gasteiger partial charge in [-0.3, -0.25) is 9.78 Å².